The highest BCUT2D eigenvalue weighted by Gasteiger charge is 2.35. The molecule has 1 saturated heterocycles. The van der Waals surface area contributed by atoms with Crippen LogP contribution >= 0.6 is 11.8 Å². The lowest BCUT2D eigenvalue weighted by Crippen LogP contribution is -2.42. The largest absolute Gasteiger partial charge is 0.480 e. The van der Waals surface area contributed by atoms with E-state index in [1.807, 2.05) is 0 Å². The van der Waals surface area contributed by atoms with Crippen LogP contribution in [0.2, 0.25) is 0 Å². The second-order valence-electron chi connectivity index (χ2n) is 3.47. The fourth-order valence-electron chi connectivity index (χ4n) is 1.52. The van der Waals surface area contributed by atoms with Gasteiger partial charge in [0.05, 0.1) is 5.88 Å². The molecule has 0 spiro atoms. The minimum atomic E-state index is -1.06. The van der Waals surface area contributed by atoms with Crippen molar-refractivity contribution in [2.45, 2.75) is 6.04 Å². The van der Waals surface area contributed by atoms with Gasteiger partial charge in [-0.1, -0.05) is 6.07 Å². The molecule has 0 saturated carbocycles. The number of carbonyl (C=O) groups is 2. The third-order valence-electron chi connectivity index (χ3n) is 2.36. The average Bonchev–Trinajstić information content (AvgIpc) is 2.77. The molecule has 2 heterocycles. The van der Waals surface area contributed by atoms with E-state index in [1.165, 1.54) is 28.8 Å². The van der Waals surface area contributed by atoms with Crippen LogP contribution < -0.4 is 0 Å². The number of halogens is 1. The summed E-state index contributed by atoms with van der Waals surface area (Å²) in [5.74, 6) is -1.74. The first-order chi connectivity index (χ1) is 8.09. The summed E-state index contributed by atoms with van der Waals surface area (Å²) in [7, 11) is 0. The molecule has 0 bridgehead atoms. The molecule has 17 heavy (non-hydrogen) atoms. The molecule has 1 atom stereocenters. The molecule has 0 aromatic carbocycles. The molecule has 90 valence electrons. The van der Waals surface area contributed by atoms with Crippen molar-refractivity contribution in [3.63, 3.8) is 0 Å². The first-order valence-electron chi connectivity index (χ1n) is 4.83. The molecule has 7 heteroatoms. The maximum atomic E-state index is 12.9. The van der Waals surface area contributed by atoms with Gasteiger partial charge in [0.1, 0.15) is 11.7 Å². The van der Waals surface area contributed by atoms with E-state index in [1.54, 1.807) is 0 Å². The molecular weight excluding hydrogens is 247 g/mol. The van der Waals surface area contributed by atoms with E-state index < -0.39 is 23.9 Å². The van der Waals surface area contributed by atoms with Crippen LogP contribution in [0.5, 0.6) is 0 Å². The van der Waals surface area contributed by atoms with Crippen LogP contribution in [0.1, 0.15) is 10.5 Å². The molecule has 1 fully saturated rings. The Kier molecular flexibility index (Phi) is 3.28. The highest BCUT2D eigenvalue weighted by atomic mass is 32.2. The molecule has 1 amide bonds. The monoisotopic (exact) mass is 256 g/mol. The number of rotatable bonds is 2. The minimum Gasteiger partial charge on any atom is -0.480 e. The van der Waals surface area contributed by atoms with Gasteiger partial charge in [-0.25, -0.2) is 9.78 Å². The number of nitrogens with zero attached hydrogens (tertiary/aromatic N) is 2. The number of carboxylic acid groups (broad SMARTS) is 1. The molecular formula is C10H9FN2O3S. The Morgan fingerprint density at radius 1 is 1.53 bits per heavy atom. The number of carboxylic acids is 1. The normalized spacial score (nSPS) is 19.4. The first kappa shape index (κ1) is 11.8. The Morgan fingerprint density at radius 2 is 2.29 bits per heavy atom. The maximum absolute atomic E-state index is 12.9. The first-order valence-corrected chi connectivity index (χ1v) is 5.99. The summed E-state index contributed by atoms with van der Waals surface area (Å²) in [6.07, 6.45) is 0. The summed E-state index contributed by atoms with van der Waals surface area (Å²) in [5.41, 5.74) is -0.0706. The molecule has 1 aromatic rings. The Morgan fingerprint density at radius 3 is 2.94 bits per heavy atom. The third kappa shape index (κ3) is 2.38. The lowest BCUT2D eigenvalue weighted by molar-refractivity contribution is -0.140. The predicted molar refractivity (Wildman–Crippen MR) is 59.1 cm³/mol. The summed E-state index contributed by atoms with van der Waals surface area (Å²) in [4.78, 5) is 27.5. The van der Waals surface area contributed by atoms with Gasteiger partial charge in [0, 0.05) is 5.75 Å². The van der Waals surface area contributed by atoms with Crippen molar-refractivity contribution in [1.82, 2.24) is 9.88 Å². The highest BCUT2D eigenvalue weighted by molar-refractivity contribution is 7.99. The van der Waals surface area contributed by atoms with Crippen molar-refractivity contribution >= 4 is 23.6 Å². The number of carbonyl (C=O) groups excluding carboxylic acids is 1. The maximum Gasteiger partial charge on any atom is 0.327 e. The quantitative estimate of drug-likeness (QED) is 0.793. The van der Waals surface area contributed by atoms with E-state index in [4.69, 9.17) is 5.11 Å². The van der Waals surface area contributed by atoms with Crippen LogP contribution in [0.15, 0.2) is 18.2 Å². The zero-order valence-corrected chi connectivity index (χ0v) is 9.48. The van der Waals surface area contributed by atoms with Gasteiger partial charge in [-0.05, 0) is 12.1 Å². The molecule has 0 unspecified atom stereocenters. The Bertz CT molecular complexity index is 469. The van der Waals surface area contributed by atoms with E-state index >= 15 is 0 Å². The van der Waals surface area contributed by atoms with E-state index in [2.05, 4.69) is 4.98 Å². The fraction of sp³-hybridized carbons (Fsp3) is 0.300. The van der Waals surface area contributed by atoms with Crippen molar-refractivity contribution in [3.8, 4) is 0 Å². The van der Waals surface area contributed by atoms with Gasteiger partial charge < -0.3 is 10.0 Å². The molecule has 1 aliphatic rings. The minimum absolute atomic E-state index is 0.0706. The third-order valence-corrected chi connectivity index (χ3v) is 3.37. The van der Waals surface area contributed by atoms with E-state index in [-0.39, 0.29) is 11.6 Å². The van der Waals surface area contributed by atoms with E-state index in [0.29, 0.717) is 5.75 Å². The second kappa shape index (κ2) is 4.70. The van der Waals surface area contributed by atoms with Crippen LogP contribution in [0, 0.1) is 5.95 Å². The van der Waals surface area contributed by atoms with Gasteiger partial charge >= 0.3 is 5.97 Å². The van der Waals surface area contributed by atoms with E-state index in [0.717, 1.165) is 6.07 Å². The Hall–Kier alpha value is -1.63. The molecule has 0 radical (unpaired) electrons. The van der Waals surface area contributed by atoms with Gasteiger partial charge in [0.25, 0.3) is 5.91 Å². The van der Waals surface area contributed by atoms with Gasteiger partial charge in [-0.3, -0.25) is 4.79 Å². The summed E-state index contributed by atoms with van der Waals surface area (Å²) in [5, 5.41) is 8.93. The van der Waals surface area contributed by atoms with Crippen molar-refractivity contribution in [3.05, 3.63) is 29.8 Å². The van der Waals surface area contributed by atoms with Gasteiger partial charge in [0.2, 0.25) is 5.95 Å². The number of thioether (sulfide) groups is 1. The van der Waals surface area contributed by atoms with Crippen molar-refractivity contribution < 1.29 is 19.1 Å². The summed E-state index contributed by atoms with van der Waals surface area (Å²) in [6.45, 7) is 0. The summed E-state index contributed by atoms with van der Waals surface area (Å²) >= 11 is 1.35. The second-order valence-corrected chi connectivity index (χ2v) is 4.47. The van der Waals surface area contributed by atoms with Crippen LogP contribution in [0.4, 0.5) is 4.39 Å². The SMILES string of the molecule is O=C(O)[C@@H]1CSCN1C(=O)c1cccc(F)n1. The average molecular weight is 256 g/mol. The number of aromatic nitrogens is 1. The highest BCUT2D eigenvalue weighted by Crippen LogP contribution is 2.22. The standard InChI is InChI=1S/C10H9FN2O3S/c11-8-3-1-2-6(12-8)9(14)13-5-17-4-7(13)10(15)16/h1-3,7H,4-5H2,(H,15,16)/t7-/m0/s1. The van der Waals surface area contributed by atoms with Crippen LogP contribution in [0.3, 0.4) is 0 Å². The van der Waals surface area contributed by atoms with Crippen molar-refractivity contribution in [1.29, 1.82) is 0 Å². The topological polar surface area (TPSA) is 70.5 Å². The van der Waals surface area contributed by atoms with E-state index in [9.17, 15) is 14.0 Å². The number of amides is 1. The number of hydrogen-bond donors (Lipinski definition) is 1. The van der Waals surface area contributed by atoms with Crippen LogP contribution in [0.25, 0.3) is 0 Å². The summed E-state index contributed by atoms with van der Waals surface area (Å²) in [6, 6.07) is 3.00. The van der Waals surface area contributed by atoms with Gasteiger partial charge in [0.15, 0.2) is 0 Å². The lowest BCUT2D eigenvalue weighted by atomic mass is 10.2. The molecule has 1 aliphatic heterocycles. The van der Waals surface area contributed by atoms with Gasteiger partial charge in [-0.2, -0.15) is 4.39 Å². The Labute approximate surface area is 101 Å². The van der Waals surface area contributed by atoms with Gasteiger partial charge in [-0.15, -0.1) is 11.8 Å². The number of hydrogen-bond acceptors (Lipinski definition) is 4. The number of pyridine rings is 1. The zero-order valence-electron chi connectivity index (χ0n) is 8.67. The smallest absolute Gasteiger partial charge is 0.327 e. The molecule has 0 aliphatic carbocycles. The molecule has 1 aromatic heterocycles. The van der Waals surface area contributed by atoms with Crippen LogP contribution in [-0.4, -0.2) is 44.5 Å². The fourth-order valence-corrected chi connectivity index (χ4v) is 2.67. The van der Waals surface area contributed by atoms with Crippen LogP contribution in [-0.2, 0) is 4.79 Å². The van der Waals surface area contributed by atoms with Crippen molar-refractivity contribution in [2.24, 2.45) is 0 Å². The molecule has 5 nitrogen and oxygen atoms in total. The lowest BCUT2D eigenvalue weighted by Gasteiger charge is -2.19. The Balaban J connectivity index is 2.23. The van der Waals surface area contributed by atoms with Crippen molar-refractivity contribution in [2.75, 3.05) is 11.6 Å². The number of aliphatic carboxylic acids is 1. The zero-order chi connectivity index (χ0) is 12.4. The molecule has 2 rings (SSSR count). The summed E-state index contributed by atoms with van der Waals surface area (Å²) < 4.78 is 12.9. The molecule has 1 N–H and O–H groups in total. The predicted octanol–water partition coefficient (Wildman–Crippen LogP) is 0.820.